The van der Waals surface area contributed by atoms with Crippen LogP contribution in [0.5, 0.6) is 0 Å². The van der Waals surface area contributed by atoms with Crippen LogP contribution < -0.4 is 0 Å². The van der Waals surface area contributed by atoms with E-state index in [1.54, 1.807) is 0 Å². The minimum Gasteiger partial charge on any atom is -0.481 e. The van der Waals surface area contributed by atoms with Gasteiger partial charge in [-0.2, -0.15) is 0 Å². The number of carboxylic acid groups (broad SMARTS) is 1. The van der Waals surface area contributed by atoms with E-state index in [0.717, 1.165) is 0 Å². The van der Waals surface area contributed by atoms with Crippen LogP contribution >= 0.6 is 11.6 Å². The summed E-state index contributed by atoms with van der Waals surface area (Å²) in [6, 6.07) is 0. The minimum atomic E-state index is -1.94. The van der Waals surface area contributed by atoms with E-state index < -0.39 is 17.0 Å². The quantitative estimate of drug-likeness (QED) is 0.549. The Labute approximate surface area is 50.3 Å². The van der Waals surface area contributed by atoms with Crippen LogP contribution in [0.3, 0.4) is 0 Å². The molecular weight excluding hydrogens is 134 g/mol. The van der Waals surface area contributed by atoms with Crippen LogP contribution in [-0.4, -0.2) is 16.2 Å². The lowest BCUT2D eigenvalue weighted by atomic mass is 10.4. The Bertz CT molecular complexity index is 134. The fourth-order valence-corrected chi connectivity index (χ4v) is 0.729. The van der Waals surface area contributed by atoms with Gasteiger partial charge < -0.3 is 5.11 Å². The molecule has 46 valence electrons. The van der Waals surface area contributed by atoms with E-state index in [4.69, 9.17) is 16.7 Å². The number of alkyl halides is 2. The average Bonchev–Trinajstić information content (AvgIpc) is 2.13. The molecule has 0 bridgehead atoms. The first-order chi connectivity index (χ1) is 3.54. The standard InChI is InChI=1S/C4H4ClFO2/c5-4(6)1-2(4)3(7)8/h2H,1H2,(H,7,8). The van der Waals surface area contributed by atoms with E-state index in [2.05, 4.69) is 0 Å². The average molecular weight is 139 g/mol. The van der Waals surface area contributed by atoms with Gasteiger partial charge in [-0.3, -0.25) is 4.79 Å². The van der Waals surface area contributed by atoms with Crippen LogP contribution in [0.15, 0.2) is 0 Å². The monoisotopic (exact) mass is 138 g/mol. The van der Waals surface area contributed by atoms with E-state index in [1.165, 1.54) is 0 Å². The van der Waals surface area contributed by atoms with E-state index >= 15 is 0 Å². The van der Waals surface area contributed by atoms with Crippen molar-refractivity contribution >= 4 is 17.6 Å². The Hall–Kier alpha value is -0.310. The molecule has 0 heterocycles. The Kier molecular flexibility index (Phi) is 0.979. The molecule has 0 radical (unpaired) electrons. The lowest BCUT2D eigenvalue weighted by Crippen LogP contribution is -2.03. The van der Waals surface area contributed by atoms with Crippen molar-refractivity contribution in [1.29, 1.82) is 0 Å². The molecular formula is C4H4ClFO2. The molecule has 1 saturated carbocycles. The Morgan fingerprint density at radius 3 is 2.38 bits per heavy atom. The molecule has 0 spiro atoms. The fraction of sp³-hybridized carbons (Fsp3) is 0.750. The fourth-order valence-electron chi connectivity index (χ4n) is 0.481. The van der Waals surface area contributed by atoms with Crippen LogP contribution in [0.4, 0.5) is 4.39 Å². The van der Waals surface area contributed by atoms with Crippen molar-refractivity contribution < 1.29 is 14.3 Å². The van der Waals surface area contributed by atoms with Crippen LogP contribution in [0.25, 0.3) is 0 Å². The third-order valence-electron chi connectivity index (χ3n) is 1.12. The maximum Gasteiger partial charge on any atom is 0.311 e. The van der Waals surface area contributed by atoms with Crippen LogP contribution in [0.2, 0.25) is 0 Å². The number of aliphatic carboxylic acids is 1. The molecule has 1 fully saturated rings. The molecule has 0 aromatic heterocycles. The number of hydrogen-bond acceptors (Lipinski definition) is 1. The molecule has 1 aliphatic rings. The molecule has 0 aromatic rings. The third kappa shape index (κ3) is 0.777. The normalized spacial score (nSPS) is 44.0. The van der Waals surface area contributed by atoms with Gasteiger partial charge in [0, 0.05) is 6.42 Å². The van der Waals surface area contributed by atoms with Crippen LogP contribution in [0, 0.1) is 5.92 Å². The van der Waals surface area contributed by atoms with Gasteiger partial charge in [0.2, 0.25) is 0 Å². The lowest BCUT2D eigenvalue weighted by molar-refractivity contribution is -0.139. The van der Waals surface area contributed by atoms with Crippen molar-refractivity contribution in [3.8, 4) is 0 Å². The first kappa shape index (κ1) is 5.82. The predicted octanol–water partition coefficient (Wildman–Crippen LogP) is 0.996. The summed E-state index contributed by atoms with van der Waals surface area (Å²) in [7, 11) is 0. The maximum absolute atomic E-state index is 12.1. The highest BCUT2D eigenvalue weighted by Crippen LogP contribution is 2.50. The molecule has 2 unspecified atom stereocenters. The zero-order valence-electron chi connectivity index (χ0n) is 3.90. The summed E-state index contributed by atoms with van der Waals surface area (Å²) in [4.78, 5) is 9.85. The van der Waals surface area contributed by atoms with Gasteiger partial charge in [-0.1, -0.05) is 11.6 Å². The lowest BCUT2D eigenvalue weighted by Gasteiger charge is -1.87. The minimum absolute atomic E-state index is 0.0517. The van der Waals surface area contributed by atoms with Crippen LogP contribution in [-0.2, 0) is 4.79 Å². The summed E-state index contributed by atoms with van der Waals surface area (Å²) in [5, 5.41) is 6.13. The molecule has 2 nitrogen and oxygen atoms in total. The summed E-state index contributed by atoms with van der Waals surface area (Å²) < 4.78 is 12.1. The first-order valence-corrected chi connectivity index (χ1v) is 2.52. The van der Waals surface area contributed by atoms with Gasteiger partial charge in [-0.05, 0) is 0 Å². The zero-order chi connectivity index (χ0) is 6.36. The summed E-state index contributed by atoms with van der Waals surface area (Å²) in [5.41, 5.74) is 0. The van der Waals surface area contributed by atoms with Crippen molar-refractivity contribution in [2.24, 2.45) is 5.92 Å². The third-order valence-corrected chi connectivity index (χ3v) is 1.54. The maximum atomic E-state index is 12.1. The Morgan fingerprint density at radius 1 is 2.00 bits per heavy atom. The van der Waals surface area contributed by atoms with Crippen molar-refractivity contribution in [3.63, 3.8) is 0 Å². The molecule has 0 aromatic carbocycles. The largest absolute Gasteiger partial charge is 0.481 e. The van der Waals surface area contributed by atoms with Crippen molar-refractivity contribution in [2.45, 2.75) is 11.5 Å². The van der Waals surface area contributed by atoms with Crippen LogP contribution in [0.1, 0.15) is 6.42 Å². The number of rotatable bonds is 1. The molecule has 1 aliphatic carbocycles. The van der Waals surface area contributed by atoms with E-state index in [-0.39, 0.29) is 6.42 Å². The summed E-state index contributed by atoms with van der Waals surface area (Å²) in [6.07, 6.45) is -0.0517. The smallest absolute Gasteiger partial charge is 0.311 e. The summed E-state index contributed by atoms with van der Waals surface area (Å²) in [6.45, 7) is 0. The van der Waals surface area contributed by atoms with Gasteiger partial charge in [-0.25, -0.2) is 4.39 Å². The SMILES string of the molecule is O=C(O)C1CC1(F)Cl. The van der Waals surface area contributed by atoms with E-state index in [9.17, 15) is 9.18 Å². The van der Waals surface area contributed by atoms with Gasteiger partial charge in [0.1, 0.15) is 5.92 Å². The number of hydrogen-bond donors (Lipinski definition) is 1. The number of carbonyl (C=O) groups is 1. The zero-order valence-corrected chi connectivity index (χ0v) is 4.65. The second kappa shape index (κ2) is 1.35. The second-order valence-corrected chi connectivity index (χ2v) is 2.48. The van der Waals surface area contributed by atoms with Crippen molar-refractivity contribution in [2.75, 3.05) is 0 Å². The highest BCUT2D eigenvalue weighted by Gasteiger charge is 2.59. The highest BCUT2D eigenvalue weighted by atomic mass is 35.5. The van der Waals surface area contributed by atoms with Gasteiger partial charge in [0.25, 0.3) is 0 Å². The van der Waals surface area contributed by atoms with Gasteiger partial charge in [0.15, 0.2) is 5.13 Å². The Morgan fingerprint density at radius 2 is 2.38 bits per heavy atom. The van der Waals surface area contributed by atoms with Gasteiger partial charge in [-0.15, -0.1) is 0 Å². The highest BCUT2D eigenvalue weighted by molar-refractivity contribution is 6.26. The van der Waals surface area contributed by atoms with E-state index in [1.807, 2.05) is 0 Å². The molecule has 0 saturated heterocycles. The summed E-state index contributed by atoms with van der Waals surface area (Å²) in [5.74, 6) is -2.12. The van der Waals surface area contributed by atoms with Gasteiger partial charge in [0.05, 0.1) is 0 Å². The topological polar surface area (TPSA) is 37.3 Å². The number of halogens is 2. The van der Waals surface area contributed by atoms with Crippen molar-refractivity contribution in [3.05, 3.63) is 0 Å². The van der Waals surface area contributed by atoms with Gasteiger partial charge >= 0.3 is 5.97 Å². The predicted molar refractivity (Wildman–Crippen MR) is 25.4 cm³/mol. The molecule has 1 rings (SSSR count). The van der Waals surface area contributed by atoms with Crippen molar-refractivity contribution in [1.82, 2.24) is 0 Å². The number of carboxylic acids is 1. The molecule has 1 N–H and O–H groups in total. The molecule has 2 atom stereocenters. The molecule has 0 aliphatic heterocycles. The Balaban J connectivity index is 2.48. The summed E-state index contributed by atoms with van der Waals surface area (Å²) >= 11 is 4.95. The van der Waals surface area contributed by atoms with E-state index in [0.29, 0.717) is 0 Å². The molecule has 4 heteroatoms. The molecule has 0 amide bonds. The second-order valence-electron chi connectivity index (χ2n) is 1.86. The first-order valence-electron chi connectivity index (χ1n) is 2.14. The molecule has 8 heavy (non-hydrogen) atoms.